The number of nitrogens with zero attached hydrogens (tertiary/aromatic N) is 1. The Balaban J connectivity index is 2.20. The molecule has 0 bridgehead atoms. The Kier molecular flexibility index (Phi) is 4.49. The molecule has 3 nitrogen and oxygen atoms in total. The predicted molar refractivity (Wildman–Crippen MR) is 50.3 cm³/mol. The molecule has 0 aliphatic heterocycles. The minimum Gasteiger partial charge on any atom is -0.375 e. The van der Waals surface area contributed by atoms with E-state index in [4.69, 9.17) is 10.5 Å². The molecule has 0 fully saturated rings. The van der Waals surface area contributed by atoms with Gasteiger partial charge in [-0.1, -0.05) is 0 Å². The van der Waals surface area contributed by atoms with Crippen molar-refractivity contribution in [2.45, 2.75) is 25.7 Å². The molecule has 0 amide bonds. The van der Waals surface area contributed by atoms with Crippen LogP contribution in [0.15, 0.2) is 5.38 Å². The molecule has 0 atom stereocenters. The lowest BCUT2D eigenvalue weighted by Crippen LogP contribution is -2.11. The van der Waals surface area contributed by atoms with Gasteiger partial charge in [0, 0.05) is 11.9 Å². The molecule has 1 aromatic heterocycles. The summed E-state index contributed by atoms with van der Waals surface area (Å²) in [5, 5.41) is 2.49. The van der Waals surface area contributed by atoms with Gasteiger partial charge in [0.05, 0.1) is 25.3 Å². The van der Waals surface area contributed by atoms with Crippen LogP contribution in [0.25, 0.3) is 0 Å². The summed E-state index contributed by atoms with van der Waals surface area (Å²) in [6.45, 7) is 0.110. The Hall–Kier alpha value is -0.660. The third-order valence-corrected chi connectivity index (χ3v) is 2.47. The van der Waals surface area contributed by atoms with E-state index in [2.05, 4.69) is 4.98 Å². The van der Waals surface area contributed by atoms with Crippen LogP contribution < -0.4 is 5.73 Å². The van der Waals surface area contributed by atoms with Gasteiger partial charge in [-0.2, -0.15) is 13.2 Å². The Labute approximate surface area is 89.1 Å². The monoisotopic (exact) mass is 240 g/mol. The lowest BCUT2D eigenvalue weighted by Gasteiger charge is -2.05. The number of aromatic nitrogens is 1. The highest BCUT2D eigenvalue weighted by Crippen LogP contribution is 2.19. The van der Waals surface area contributed by atoms with E-state index >= 15 is 0 Å². The molecule has 1 rings (SSSR count). The maximum absolute atomic E-state index is 11.7. The van der Waals surface area contributed by atoms with Crippen LogP contribution in [-0.4, -0.2) is 17.8 Å². The normalized spacial score (nSPS) is 12.0. The van der Waals surface area contributed by atoms with Crippen molar-refractivity contribution < 1.29 is 17.9 Å². The summed E-state index contributed by atoms with van der Waals surface area (Å²) in [4.78, 5) is 4.05. The molecule has 0 saturated heterocycles. The molecule has 86 valence electrons. The molecule has 7 heteroatoms. The first-order valence-electron chi connectivity index (χ1n) is 4.29. The first kappa shape index (κ1) is 12.4. The highest BCUT2D eigenvalue weighted by Gasteiger charge is 2.26. The largest absolute Gasteiger partial charge is 0.391 e. The van der Waals surface area contributed by atoms with Gasteiger partial charge in [0.15, 0.2) is 0 Å². The van der Waals surface area contributed by atoms with E-state index in [1.807, 2.05) is 0 Å². The van der Waals surface area contributed by atoms with E-state index in [9.17, 15) is 13.2 Å². The van der Waals surface area contributed by atoms with Crippen molar-refractivity contribution in [1.29, 1.82) is 0 Å². The molecule has 1 heterocycles. The third-order valence-electron chi connectivity index (χ3n) is 1.55. The smallest absolute Gasteiger partial charge is 0.375 e. The van der Waals surface area contributed by atoms with Gasteiger partial charge in [0.25, 0.3) is 0 Å². The van der Waals surface area contributed by atoms with Crippen LogP contribution in [0, 0.1) is 0 Å². The molecule has 0 unspecified atom stereocenters. The van der Waals surface area contributed by atoms with Crippen LogP contribution in [0.5, 0.6) is 0 Å². The summed E-state index contributed by atoms with van der Waals surface area (Å²) < 4.78 is 40.0. The predicted octanol–water partition coefficient (Wildman–Crippen LogP) is 2.07. The van der Waals surface area contributed by atoms with E-state index in [0.29, 0.717) is 12.2 Å². The Bertz CT molecular complexity index is 300. The highest BCUT2D eigenvalue weighted by atomic mass is 32.1. The standard InChI is InChI=1S/C8H11F3N2OS/c9-8(10,11)1-2-14-4-6-5-15-7(3-12)13-6/h5H,1-4,12H2. The second-order valence-corrected chi connectivity index (χ2v) is 3.80. The van der Waals surface area contributed by atoms with Crippen LogP contribution in [-0.2, 0) is 17.9 Å². The van der Waals surface area contributed by atoms with Crippen molar-refractivity contribution >= 4 is 11.3 Å². The molecule has 0 aromatic carbocycles. The molecular weight excluding hydrogens is 229 g/mol. The lowest BCUT2D eigenvalue weighted by molar-refractivity contribution is -0.146. The number of thiazole rings is 1. The van der Waals surface area contributed by atoms with Gasteiger partial charge in [-0.15, -0.1) is 11.3 Å². The quantitative estimate of drug-likeness (QED) is 0.801. The first-order chi connectivity index (χ1) is 7.01. The maximum atomic E-state index is 11.7. The van der Waals surface area contributed by atoms with Gasteiger partial charge < -0.3 is 10.5 Å². The van der Waals surface area contributed by atoms with Crippen molar-refractivity contribution in [3.05, 3.63) is 16.1 Å². The molecule has 2 N–H and O–H groups in total. The van der Waals surface area contributed by atoms with Crippen molar-refractivity contribution in [1.82, 2.24) is 4.98 Å². The summed E-state index contributed by atoms with van der Waals surface area (Å²) >= 11 is 1.37. The van der Waals surface area contributed by atoms with E-state index in [1.165, 1.54) is 11.3 Å². The summed E-state index contributed by atoms with van der Waals surface area (Å²) in [5.41, 5.74) is 5.96. The van der Waals surface area contributed by atoms with Crippen molar-refractivity contribution in [3.63, 3.8) is 0 Å². The SMILES string of the molecule is NCc1nc(COCCC(F)(F)F)cs1. The van der Waals surface area contributed by atoms with Gasteiger partial charge in [-0.3, -0.25) is 0 Å². The Morgan fingerprint density at radius 2 is 2.20 bits per heavy atom. The lowest BCUT2D eigenvalue weighted by atomic mass is 10.4. The Morgan fingerprint density at radius 3 is 2.73 bits per heavy atom. The van der Waals surface area contributed by atoms with Gasteiger partial charge in [0.1, 0.15) is 5.01 Å². The number of alkyl halides is 3. The second-order valence-electron chi connectivity index (χ2n) is 2.85. The van der Waals surface area contributed by atoms with Crippen LogP contribution in [0.4, 0.5) is 13.2 Å². The van der Waals surface area contributed by atoms with Crippen molar-refractivity contribution in [3.8, 4) is 0 Å². The fraction of sp³-hybridized carbons (Fsp3) is 0.625. The average molecular weight is 240 g/mol. The summed E-state index contributed by atoms with van der Waals surface area (Å²) in [7, 11) is 0. The van der Waals surface area contributed by atoms with Crippen LogP contribution >= 0.6 is 11.3 Å². The summed E-state index contributed by atoms with van der Waals surface area (Å²) in [5.74, 6) is 0. The van der Waals surface area contributed by atoms with Crippen LogP contribution in [0.3, 0.4) is 0 Å². The van der Waals surface area contributed by atoms with Crippen molar-refractivity contribution in [2.75, 3.05) is 6.61 Å². The number of ether oxygens (including phenoxy) is 1. The minimum atomic E-state index is -4.16. The maximum Gasteiger partial charge on any atom is 0.391 e. The third kappa shape index (κ3) is 5.10. The molecule has 0 saturated carbocycles. The van der Waals surface area contributed by atoms with Gasteiger partial charge in [-0.05, 0) is 0 Å². The number of halogens is 3. The molecule has 0 radical (unpaired) electrons. The fourth-order valence-corrected chi connectivity index (χ4v) is 1.53. The van der Waals surface area contributed by atoms with Gasteiger partial charge in [0.2, 0.25) is 0 Å². The van der Waals surface area contributed by atoms with Gasteiger partial charge >= 0.3 is 6.18 Å². The van der Waals surface area contributed by atoms with E-state index in [-0.39, 0.29) is 13.2 Å². The van der Waals surface area contributed by atoms with E-state index in [1.54, 1.807) is 5.38 Å². The van der Waals surface area contributed by atoms with Crippen LogP contribution in [0.1, 0.15) is 17.1 Å². The number of rotatable bonds is 5. The number of hydrogen-bond acceptors (Lipinski definition) is 4. The average Bonchev–Trinajstić information content (AvgIpc) is 2.59. The van der Waals surface area contributed by atoms with Crippen LogP contribution in [0.2, 0.25) is 0 Å². The van der Waals surface area contributed by atoms with Gasteiger partial charge in [-0.25, -0.2) is 4.98 Å². The van der Waals surface area contributed by atoms with Crippen molar-refractivity contribution in [2.24, 2.45) is 5.73 Å². The molecular formula is C8H11F3N2OS. The zero-order chi connectivity index (χ0) is 11.3. The molecule has 0 aliphatic rings. The minimum absolute atomic E-state index is 0.104. The topological polar surface area (TPSA) is 48.1 Å². The van der Waals surface area contributed by atoms with E-state index < -0.39 is 12.6 Å². The zero-order valence-corrected chi connectivity index (χ0v) is 8.70. The number of nitrogens with two attached hydrogens (primary N) is 1. The molecule has 15 heavy (non-hydrogen) atoms. The van der Waals surface area contributed by atoms with E-state index in [0.717, 1.165) is 5.01 Å². The highest BCUT2D eigenvalue weighted by molar-refractivity contribution is 7.09. The fourth-order valence-electron chi connectivity index (χ4n) is 0.874. The first-order valence-corrected chi connectivity index (χ1v) is 5.17. The molecule has 0 spiro atoms. The summed E-state index contributed by atoms with van der Waals surface area (Å²) in [6, 6.07) is 0. The molecule has 0 aliphatic carbocycles. The Morgan fingerprint density at radius 1 is 1.47 bits per heavy atom. The zero-order valence-electron chi connectivity index (χ0n) is 7.88. The molecule has 1 aromatic rings. The number of hydrogen-bond donors (Lipinski definition) is 1. The summed E-state index contributed by atoms with van der Waals surface area (Å²) in [6.07, 6.45) is -5.09. The second kappa shape index (κ2) is 5.43.